The SMILES string of the molecule is COc1ccc(NC(=O)C2=NOC3(CCCNC3)C2)cc1.Cl. The summed E-state index contributed by atoms with van der Waals surface area (Å²) in [6.45, 7) is 1.74. The molecule has 0 radical (unpaired) electrons. The van der Waals surface area contributed by atoms with E-state index in [1.54, 1.807) is 31.4 Å². The predicted molar refractivity (Wildman–Crippen MR) is 86.8 cm³/mol. The molecule has 0 aliphatic carbocycles. The Morgan fingerprint density at radius 3 is 2.82 bits per heavy atom. The number of carbonyl (C=O) groups excluding carboxylic acids is 1. The maximum Gasteiger partial charge on any atom is 0.273 e. The molecule has 6 nitrogen and oxygen atoms in total. The molecule has 0 bridgehead atoms. The quantitative estimate of drug-likeness (QED) is 0.891. The number of benzene rings is 1. The molecule has 7 heteroatoms. The molecule has 2 N–H and O–H groups in total. The molecule has 1 spiro atoms. The molecule has 2 aliphatic heterocycles. The Balaban J connectivity index is 0.00000176. The van der Waals surface area contributed by atoms with Crippen molar-refractivity contribution in [3.63, 3.8) is 0 Å². The second-order valence-electron chi connectivity index (χ2n) is 5.45. The van der Waals surface area contributed by atoms with Crippen LogP contribution in [0.4, 0.5) is 5.69 Å². The first-order chi connectivity index (χ1) is 10.2. The van der Waals surface area contributed by atoms with Crippen LogP contribution in [0.25, 0.3) is 0 Å². The number of hydrogen-bond acceptors (Lipinski definition) is 5. The lowest BCUT2D eigenvalue weighted by atomic mass is 9.89. The van der Waals surface area contributed by atoms with E-state index in [9.17, 15) is 4.79 Å². The van der Waals surface area contributed by atoms with Gasteiger partial charge < -0.3 is 20.2 Å². The molecular formula is C15H20ClN3O3. The summed E-state index contributed by atoms with van der Waals surface area (Å²) in [6, 6.07) is 7.19. The maximum absolute atomic E-state index is 12.2. The van der Waals surface area contributed by atoms with Gasteiger partial charge in [-0.3, -0.25) is 4.79 Å². The van der Waals surface area contributed by atoms with Crippen LogP contribution in [0.5, 0.6) is 5.75 Å². The Hall–Kier alpha value is -1.79. The van der Waals surface area contributed by atoms with Gasteiger partial charge in [-0.25, -0.2) is 0 Å². The predicted octanol–water partition coefficient (Wildman–Crippen LogP) is 1.95. The number of oxime groups is 1. The summed E-state index contributed by atoms with van der Waals surface area (Å²) in [5.41, 5.74) is 0.839. The fourth-order valence-electron chi connectivity index (χ4n) is 2.69. The number of hydrogen-bond donors (Lipinski definition) is 2. The zero-order valence-corrected chi connectivity index (χ0v) is 13.2. The number of amides is 1. The normalized spacial score (nSPS) is 23.2. The summed E-state index contributed by atoms with van der Waals surface area (Å²) in [5, 5.41) is 10.1. The summed E-state index contributed by atoms with van der Waals surface area (Å²) in [7, 11) is 1.61. The first-order valence-corrected chi connectivity index (χ1v) is 7.12. The number of nitrogens with zero attached hydrogens (tertiary/aromatic N) is 1. The van der Waals surface area contributed by atoms with Crippen molar-refractivity contribution in [2.24, 2.45) is 5.16 Å². The second kappa shape index (κ2) is 6.98. The molecule has 22 heavy (non-hydrogen) atoms. The van der Waals surface area contributed by atoms with E-state index in [0.717, 1.165) is 31.7 Å². The molecule has 3 rings (SSSR count). The largest absolute Gasteiger partial charge is 0.497 e. The van der Waals surface area contributed by atoms with Gasteiger partial charge in [-0.1, -0.05) is 5.16 Å². The molecule has 2 heterocycles. The summed E-state index contributed by atoms with van der Waals surface area (Å²) >= 11 is 0. The Morgan fingerprint density at radius 1 is 1.41 bits per heavy atom. The van der Waals surface area contributed by atoms with Gasteiger partial charge in [0.05, 0.1) is 7.11 Å². The molecule has 1 atom stereocenters. The molecule has 0 aromatic heterocycles. The van der Waals surface area contributed by atoms with Gasteiger partial charge in [0, 0.05) is 18.7 Å². The lowest BCUT2D eigenvalue weighted by Gasteiger charge is -2.30. The van der Waals surface area contributed by atoms with Gasteiger partial charge in [-0.15, -0.1) is 12.4 Å². The van der Waals surface area contributed by atoms with Crippen molar-refractivity contribution in [1.29, 1.82) is 0 Å². The first-order valence-electron chi connectivity index (χ1n) is 7.12. The van der Waals surface area contributed by atoms with Crippen LogP contribution in [0.15, 0.2) is 29.4 Å². The molecule has 1 aromatic carbocycles. The number of nitrogens with one attached hydrogen (secondary N) is 2. The number of piperidine rings is 1. The molecular weight excluding hydrogens is 306 g/mol. The molecule has 1 aromatic rings. The minimum absolute atomic E-state index is 0. The Morgan fingerprint density at radius 2 is 2.18 bits per heavy atom. The second-order valence-corrected chi connectivity index (χ2v) is 5.45. The number of rotatable bonds is 3. The van der Waals surface area contributed by atoms with Crippen LogP contribution in [-0.2, 0) is 9.63 Å². The third-order valence-corrected chi connectivity index (χ3v) is 3.88. The lowest BCUT2D eigenvalue weighted by molar-refractivity contribution is -0.110. The Kier molecular flexibility index (Phi) is 5.26. The highest BCUT2D eigenvalue weighted by molar-refractivity contribution is 6.43. The van der Waals surface area contributed by atoms with Crippen molar-refractivity contribution in [2.45, 2.75) is 24.9 Å². The van der Waals surface area contributed by atoms with Crippen LogP contribution in [0.1, 0.15) is 19.3 Å². The van der Waals surface area contributed by atoms with Crippen LogP contribution >= 0.6 is 12.4 Å². The van der Waals surface area contributed by atoms with Gasteiger partial charge in [0.15, 0.2) is 5.60 Å². The minimum atomic E-state index is -0.329. The van der Waals surface area contributed by atoms with E-state index >= 15 is 0 Å². The van der Waals surface area contributed by atoms with Gasteiger partial charge in [-0.2, -0.15) is 0 Å². The molecule has 120 valence electrons. The topological polar surface area (TPSA) is 72.0 Å². The third-order valence-electron chi connectivity index (χ3n) is 3.88. The first kappa shape index (κ1) is 16.6. The van der Waals surface area contributed by atoms with Crippen molar-refractivity contribution in [3.05, 3.63) is 24.3 Å². The van der Waals surface area contributed by atoms with Crippen molar-refractivity contribution < 1.29 is 14.4 Å². The number of ether oxygens (including phenoxy) is 1. The Bertz CT molecular complexity index is 554. The highest BCUT2D eigenvalue weighted by Crippen LogP contribution is 2.30. The smallest absolute Gasteiger partial charge is 0.273 e. The van der Waals surface area contributed by atoms with Crippen LogP contribution in [0.2, 0.25) is 0 Å². The van der Waals surface area contributed by atoms with Crippen molar-refractivity contribution in [3.8, 4) is 5.75 Å². The summed E-state index contributed by atoms with van der Waals surface area (Å²) in [5.74, 6) is 0.546. The lowest BCUT2D eigenvalue weighted by Crippen LogP contribution is -2.46. The monoisotopic (exact) mass is 325 g/mol. The van der Waals surface area contributed by atoms with Gasteiger partial charge >= 0.3 is 0 Å². The van der Waals surface area contributed by atoms with Crippen molar-refractivity contribution >= 4 is 29.7 Å². The molecule has 1 saturated heterocycles. The summed E-state index contributed by atoms with van der Waals surface area (Å²) in [4.78, 5) is 17.8. The van der Waals surface area contributed by atoms with E-state index in [2.05, 4.69) is 15.8 Å². The van der Waals surface area contributed by atoms with E-state index < -0.39 is 0 Å². The highest BCUT2D eigenvalue weighted by Gasteiger charge is 2.42. The average molecular weight is 326 g/mol. The van der Waals surface area contributed by atoms with Crippen LogP contribution < -0.4 is 15.4 Å². The fourth-order valence-corrected chi connectivity index (χ4v) is 2.69. The zero-order valence-electron chi connectivity index (χ0n) is 12.4. The Labute approximate surface area is 135 Å². The van der Waals surface area contributed by atoms with E-state index in [4.69, 9.17) is 9.57 Å². The zero-order chi connectivity index (χ0) is 14.7. The van der Waals surface area contributed by atoms with Crippen molar-refractivity contribution in [1.82, 2.24) is 5.32 Å². The van der Waals surface area contributed by atoms with Gasteiger partial charge in [0.2, 0.25) is 0 Å². The third kappa shape index (κ3) is 3.51. The van der Waals surface area contributed by atoms with E-state index in [0.29, 0.717) is 17.8 Å². The van der Waals surface area contributed by atoms with E-state index in [1.165, 1.54) is 0 Å². The van der Waals surface area contributed by atoms with Crippen LogP contribution in [0.3, 0.4) is 0 Å². The number of anilines is 1. The summed E-state index contributed by atoms with van der Waals surface area (Å²) in [6.07, 6.45) is 2.54. The summed E-state index contributed by atoms with van der Waals surface area (Å²) < 4.78 is 5.09. The average Bonchev–Trinajstić information content (AvgIpc) is 2.92. The molecule has 0 saturated carbocycles. The maximum atomic E-state index is 12.2. The number of halogens is 1. The minimum Gasteiger partial charge on any atom is -0.497 e. The standard InChI is InChI=1S/C15H19N3O3.ClH/c1-20-12-5-3-11(4-6-12)17-14(19)13-9-15(21-18-13)7-2-8-16-10-15;/h3-6,16H,2,7-10H2,1H3,(H,17,19);1H. The fraction of sp³-hybridized carbons (Fsp3) is 0.467. The molecule has 1 amide bonds. The highest BCUT2D eigenvalue weighted by atomic mass is 35.5. The van der Waals surface area contributed by atoms with Crippen LogP contribution in [0, 0.1) is 0 Å². The van der Waals surface area contributed by atoms with Crippen LogP contribution in [-0.4, -0.2) is 37.4 Å². The molecule has 2 aliphatic rings. The molecule has 1 fully saturated rings. The molecule has 1 unspecified atom stereocenters. The number of carbonyl (C=O) groups is 1. The van der Waals surface area contributed by atoms with Crippen molar-refractivity contribution in [2.75, 3.05) is 25.5 Å². The van der Waals surface area contributed by atoms with E-state index in [1.807, 2.05) is 0 Å². The number of methoxy groups -OCH3 is 1. The van der Waals surface area contributed by atoms with Gasteiger partial charge in [0.25, 0.3) is 5.91 Å². The van der Waals surface area contributed by atoms with E-state index in [-0.39, 0.29) is 23.9 Å². The van der Waals surface area contributed by atoms with Gasteiger partial charge in [0.1, 0.15) is 11.5 Å². The van der Waals surface area contributed by atoms with Gasteiger partial charge in [-0.05, 0) is 43.7 Å².